The molecule has 0 saturated carbocycles. The van der Waals surface area contributed by atoms with Gasteiger partial charge in [0.1, 0.15) is 11.6 Å². The van der Waals surface area contributed by atoms with E-state index >= 15 is 0 Å². The molecule has 0 aliphatic heterocycles. The standard InChI is InChI=1S/C16H16F2N2O3S/c1-24(22,23)19-8-11(21)9-20-14-4-2-3-13(18)16(14)12-6-5-10(17)7-15(12)20/h2-7,11,19,21H,8-9H2,1H3. The van der Waals surface area contributed by atoms with Gasteiger partial charge in [0.2, 0.25) is 10.0 Å². The van der Waals surface area contributed by atoms with Gasteiger partial charge in [-0.2, -0.15) is 0 Å². The number of hydrogen-bond acceptors (Lipinski definition) is 3. The van der Waals surface area contributed by atoms with Crippen molar-refractivity contribution in [2.45, 2.75) is 12.6 Å². The molecule has 0 aliphatic rings. The van der Waals surface area contributed by atoms with E-state index in [9.17, 15) is 22.3 Å². The van der Waals surface area contributed by atoms with Gasteiger partial charge in [-0.25, -0.2) is 21.9 Å². The Balaban J connectivity index is 2.08. The topological polar surface area (TPSA) is 71.3 Å². The Morgan fingerprint density at radius 3 is 2.67 bits per heavy atom. The number of sulfonamides is 1. The monoisotopic (exact) mass is 354 g/mol. The lowest BCUT2D eigenvalue weighted by Crippen LogP contribution is -2.33. The second kappa shape index (κ2) is 6.12. The molecule has 0 amide bonds. The fourth-order valence-corrected chi connectivity index (χ4v) is 3.29. The molecule has 2 aromatic carbocycles. The maximum atomic E-state index is 14.2. The first kappa shape index (κ1) is 16.8. The van der Waals surface area contributed by atoms with Gasteiger partial charge in [-0.3, -0.25) is 0 Å². The van der Waals surface area contributed by atoms with Crippen LogP contribution in [0, 0.1) is 11.6 Å². The third-order valence-electron chi connectivity index (χ3n) is 3.78. The van der Waals surface area contributed by atoms with Gasteiger partial charge in [0.15, 0.2) is 0 Å². The third-order valence-corrected chi connectivity index (χ3v) is 4.47. The van der Waals surface area contributed by atoms with Crippen LogP contribution in [-0.4, -0.2) is 37.0 Å². The van der Waals surface area contributed by atoms with Gasteiger partial charge >= 0.3 is 0 Å². The minimum Gasteiger partial charge on any atom is -0.390 e. The van der Waals surface area contributed by atoms with E-state index in [-0.39, 0.29) is 13.1 Å². The number of aliphatic hydroxyl groups excluding tert-OH is 1. The summed E-state index contributed by atoms with van der Waals surface area (Å²) in [5, 5.41) is 11.0. The maximum absolute atomic E-state index is 14.2. The first-order valence-corrected chi connectivity index (χ1v) is 9.14. The zero-order valence-electron chi connectivity index (χ0n) is 12.8. The summed E-state index contributed by atoms with van der Waals surface area (Å²) in [5.41, 5.74) is 0.947. The first-order chi connectivity index (χ1) is 11.3. The van der Waals surface area contributed by atoms with Crippen molar-refractivity contribution in [3.63, 3.8) is 0 Å². The Labute approximate surface area is 137 Å². The summed E-state index contributed by atoms with van der Waals surface area (Å²) in [4.78, 5) is 0. The molecule has 0 spiro atoms. The highest BCUT2D eigenvalue weighted by Crippen LogP contribution is 2.31. The van der Waals surface area contributed by atoms with E-state index in [1.165, 1.54) is 30.3 Å². The van der Waals surface area contributed by atoms with E-state index in [4.69, 9.17) is 0 Å². The molecule has 0 radical (unpaired) electrons. The lowest BCUT2D eigenvalue weighted by atomic mass is 10.1. The fourth-order valence-electron chi connectivity index (χ4n) is 2.79. The molecule has 2 N–H and O–H groups in total. The molecule has 3 aromatic rings. The highest BCUT2D eigenvalue weighted by Gasteiger charge is 2.17. The number of aromatic nitrogens is 1. The summed E-state index contributed by atoms with van der Waals surface area (Å²) >= 11 is 0. The average molecular weight is 354 g/mol. The van der Waals surface area contributed by atoms with E-state index in [2.05, 4.69) is 4.72 Å². The summed E-state index contributed by atoms with van der Waals surface area (Å²) in [5.74, 6) is -0.915. The number of benzene rings is 2. The highest BCUT2D eigenvalue weighted by molar-refractivity contribution is 7.88. The number of halogens is 2. The van der Waals surface area contributed by atoms with Crippen LogP contribution >= 0.6 is 0 Å². The quantitative estimate of drug-likeness (QED) is 0.736. The number of rotatable bonds is 5. The highest BCUT2D eigenvalue weighted by atomic mass is 32.2. The van der Waals surface area contributed by atoms with E-state index in [0.717, 1.165) is 6.26 Å². The predicted octanol–water partition coefficient (Wildman–Crippen LogP) is 1.98. The number of nitrogens with one attached hydrogen (secondary N) is 1. The van der Waals surface area contributed by atoms with Crippen molar-refractivity contribution in [3.05, 3.63) is 48.0 Å². The molecular weight excluding hydrogens is 338 g/mol. The Hall–Kier alpha value is -2.03. The van der Waals surface area contributed by atoms with E-state index in [1.54, 1.807) is 10.6 Å². The summed E-state index contributed by atoms with van der Waals surface area (Å²) in [6.45, 7) is -0.194. The van der Waals surface area contributed by atoms with Crippen LogP contribution in [0.5, 0.6) is 0 Å². The van der Waals surface area contributed by atoms with E-state index in [0.29, 0.717) is 21.8 Å². The number of nitrogens with zero attached hydrogens (tertiary/aromatic N) is 1. The smallest absolute Gasteiger partial charge is 0.208 e. The molecule has 1 unspecified atom stereocenters. The van der Waals surface area contributed by atoms with Crippen LogP contribution in [0.15, 0.2) is 36.4 Å². The van der Waals surface area contributed by atoms with Gasteiger partial charge in [-0.1, -0.05) is 6.07 Å². The van der Waals surface area contributed by atoms with Crippen molar-refractivity contribution in [2.24, 2.45) is 0 Å². The molecule has 0 aliphatic carbocycles. The first-order valence-electron chi connectivity index (χ1n) is 7.25. The molecule has 5 nitrogen and oxygen atoms in total. The van der Waals surface area contributed by atoms with Crippen LogP contribution < -0.4 is 4.72 Å². The second-order valence-corrected chi connectivity index (χ2v) is 7.51. The van der Waals surface area contributed by atoms with Gasteiger partial charge in [0.25, 0.3) is 0 Å². The summed E-state index contributed by atoms with van der Waals surface area (Å²) in [6, 6.07) is 8.54. The summed E-state index contributed by atoms with van der Waals surface area (Å²) in [7, 11) is -3.44. The number of hydrogen-bond donors (Lipinski definition) is 2. The van der Waals surface area contributed by atoms with Crippen LogP contribution in [0.3, 0.4) is 0 Å². The molecule has 8 heteroatoms. The lowest BCUT2D eigenvalue weighted by Gasteiger charge is -2.14. The molecule has 1 aromatic heterocycles. The molecular formula is C16H16F2N2O3S. The van der Waals surface area contributed by atoms with Crippen molar-refractivity contribution >= 4 is 31.8 Å². The molecule has 0 bridgehead atoms. The molecule has 1 atom stereocenters. The third kappa shape index (κ3) is 3.26. The molecule has 0 fully saturated rings. The zero-order chi connectivity index (χ0) is 17.5. The minimum absolute atomic E-state index is 0.00454. The Morgan fingerprint density at radius 1 is 1.21 bits per heavy atom. The van der Waals surface area contributed by atoms with Crippen LogP contribution in [0.4, 0.5) is 8.78 Å². The van der Waals surface area contributed by atoms with Crippen LogP contribution in [-0.2, 0) is 16.6 Å². The van der Waals surface area contributed by atoms with Gasteiger partial charge in [-0.05, 0) is 30.3 Å². The fraction of sp³-hybridized carbons (Fsp3) is 0.250. The largest absolute Gasteiger partial charge is 0.390 e. The SMILES string of the molecule is CS(=O)(=O)NCC(O)Cn1c2cc(F)ccc2c2c(F)cccc21. The average Bonchev–Trinajstić information content (AvgIpc) is 2.79. The van der Waals surface area contributed by atoms with Gasteiger partial charge in [0, 0.05) is 17.3 Å². The molecule has 1 heterocycles. The van der Waals surface area contributed by atoms with E-state index < -0.39 is 27.8 Å². The van der Waals surface area contributed by atoms with Crippen molar-refractivity contribution in [1.82, 2.24) is 9.29 Å². The van der Waals surface area contributed by atoms with Crippen LogP contribution in [0.1, 0.15) is 0 Å². The molecule has 128 valence electrons. The van der Waals surface area contributed by atoms with Crippen LogP contribution in [0.2, 0.25) is 0 Å². The van der Waals surface area contributed by atoms with Crippen molar-refractivity contribution < 1.29 is 22.3 Å². The van der Waals surface area contributed by atoms with Gasteiger partial charge < -0.3 is 9.67 Å². The Morgan fingerprint density at radius 2 is 1.96 bits per heavy atom. The van der Waals surface area contributed by atoms with Gasteiger partial charge in [0.05, 0.1) is 29.9 Å². The van der Waals surface area contributed by atoms with Gasteiger partial charge in [-0.15, -0.1) is 0 Å². The maximum Gasteiger partial charge on any atom is 0.208 e. The summed E-state index contributed by atoms with van der Waals surface area (Å²) in [6.07, 6.45) is -0.0599. The number of aliphatic hydroxyl groups is 1. The Bertz CT molecular complexity index is 1020. The van der Waals surface area contributed by atoms with E-state index in [1.807, 2.05) is 0 Å². The Kier molecular flexibility index (Phi) is 4.29. The van der Waals surface area contributed by atoms with Crippen molar-refractivity contribution in [2.75, 3.05) is 12.8 Å². The minimum atomic E-state index is -3.44. The summed E-state index contributed by atoms with van der Waals surface area (Å²) < 4.78 is 53.9. The normalized spacial score (nSPS) is 13.7. The van der Waals surface area contributed by atoms with Crippen LogP contribution in [0.25, 0.3) is 21.8 Å². The van der Waals surface area contributed by atoms with Crippen molar-refractivity contribution in [3.8, 4) is 0 Å². The lowest BCUT2D eigenvalue weighted by molar-refractivity contribution is 0.161. The number of fused-ring (bicyclic) bond motifs is 3. The molecule has 0 saturated heterocycles. The zero-order valence-corrected chi connectivity index (χ0v) is 13.6. The predicted molar refractivity (Wildman–Crippen MR) is 88.2 cm³/mol. The molecule has 3 rings (SSSR count). The molecule has 24 heavy (non-hydrogen) atoms. The second-order valence-electron chi connectivity index (χ2n) is 5.68. The van der Waals surface area contributed by atoms with Crippen molar-refractivity contribution in [1.29, 1.82) is 0 Å².